The molecule has 2 aliphatic heterocycles. The summed E-state index contributed by atoms with van der Waals surface area (Å²) < 4.78 is 42.3. The number of aromatic nitrogens is 1. The quantitative estimate of drug-likeness (QED) is 0.0509. The highest BCUT2D eigenvalue weighted by molar-refractivity contribution is 9.10. The molecule has 256 valence electrons. The Bertz CT molecular complexity index is 1770. The van der Waals surface area contributed by atoms with Crippen molar-refractivity contribution < 1.29 is 42.2 Å². The van der Waals surface area contributed by atoms with Crippen molar-refractivity contribution in [1.82, 2.24) is 20.3 Å². The van der Waals surface area contributed by atoms with Gasteiger partial charge in [-0.2, -0.15) is 5.09 Å². The van der Waals surface area contributed by atoms with Crippen molar-refractivity contribution in [2.24, 2.45) is 5.11 Å². The van der Waals surface area contributed by atoms with Gasteiger partial charge in [0.15, 0.2) is 6.23 Å². The zero-order chi connectivity index (χ0) is 34.6. The fourth-order valence-corrected chi connectivity index (χ4v) is 7.81. The van der Waals surface area contributed by atoms with Gasteiger partial charge in [0.2, 0.25) is 5.91 Å². The van der Waals surface area contributed by atoms with Crippen LogP contribution in [0.3, 0.4) is 0 Å². The van der Waals surface area contributed by atoms with Crippen LogP contribution in [-0.2, 0) is 39.3 Å². The third-order valence-electron chi connectivity index (χ3n) is 7.90. The molecule has 0 spiro atoms. The molecule has 0 aliphatic carbocycles. The van der Waals surface area contributed by atoms with Crippen molar-refractivity contribution >= 4 is 68.4 Å². The fourth-order valence-electron chi connectivity index (χ4n) is 5.54. The first-order valence-electron chi connectivity index (χ1n) is 14.5. The molecule has 1 aromatic heterocycles. The van der Waals surface area contributed by atoms with Gasteiger partial charge < -0.3 is 23.7 Å². The molecule has 19 heteroatoms. The van der Waals surface area contributed by atoms with E-state index in [9.17, 15) is 24.5 Å². The van der Waals surface area contributed by atoms with Crippen LogP contribution in [0, 0.1) is 0 Å². The number of alkyl halides is 1. The number of ether oxygens (including phenoxy) is 3. The van der Waals surface area contributed by atoms with Crippen molar-refractivity contribution in [2.75, 3.05) is 20.8 Å². The second-order valence-corrected chi connectivity index (χ2v) is 15.3. The van der Waals surface area contributed by atoms with E-state index in [1.807, 2.05) is 24.3 Å². The summed E-state index contributed by atoms with van der Waals surface area (Å²) in [4.78, 5) is 45.7. The fraction of sp³-hybridized carbons (Fsp3) is 0.414. The predicted octanol–water partition coefficient (Wildman–Crippen LogP) is 5.28. The number of rotatable bonds is 13. The lowest BCUT2D eigenvalue weighted by Crippen LogP contribution is -2.69. The van der Waals surface area contributed by atoms with Gasteiger partial charge in [-0.05, 0) is 48.4 Å². The molecule has 2 aliphatic rings. The molecule has 0 saturated carbocycles. The smallest absolute Gasteiger partial charge is 0.459 e. The van der Waals surface area contributed by atoms with Crippen LogP contribution in [0.15, 0.2) is 64.3 Å². The normalized spacial score (nSPS) is 26.0. The molecule has 3 amide bonds. The summed E-state index contributed by atoms with van der Waals surface area (Å²) in [5, 5.41) is 9.68. The summed E-state index contributed by atoms with van der Waals surface area (Å²) in [6.07, 6.45) is -1.36. The highest BCUT2D eigenvalue weighted by Crippen LogP contribution is 2.47. The highest BCUT2D eigenvalue weighted by atomic mass is 79.9. The zero-order valence-corrected chi connectivity index (χ0v) is 29.9. The number of nitrogens with zero attached hydrogens (tertiary/aromatic N) is 4. The number of hydrogen-bond donors (Lipinski definition) is 3. The average Bonchev–Trinajstić information content (AvgIpc) is 3.66. The Morgan fingerprint density at radius 3 is 2.67 bits per heavy atom. The summed E-state index contributed by atoms with van der Waals surface area (Å²) in [6, 6.07) is 11.1. The first-order chi connectivity index (χ1) is 22.9. The van der Waals surface area contributed by atoms with Gasteiger partial charge in [-0.15, -0.1) is 0 Å². The Morgan fingerprint density at radius 2 is 1.98 bits per heavy atom. The number of halogens is 2. The molecule has 3 unspecified atom stereocenters. The molecule has 2 saturated heterocycles. The number of imide groups is 1. The molecule has 2 aromatic carbocycles. The minimum atomic E-state index is -4.43. The van der Waals surface area contributed by atoms with Crippen LogP contribution in [-0.4, -0.2) is 83.6 Å². The summed E-state index contributed by atoms with van der Waals surface area (Å²) in [6.45, 7) is 1.07. The number of benzene rings is 2. The third kappa shape index (κ3) is 7.71. The molecule has 2 fully saturated rings. The molecule has 5 rings (SSSR count). The van der Waals surface area contributed by atoms with Gasteiger partial charge in [-0.1, -0.05) is 55.2 Å². The maximum Gasteiger partial charge on any atom is 0.459 e. The number of azide groups is 1. The van der Waals surface area contributed by atoms with Crippen LogP contribution in [0.25, 0.3) is 21.3 Å². The van der Waals surface area contributed by atoms with Gasteiger partial charge in [-0.3, -0.25) is 24.3 Å². The van der Waals surface area contributed by atoms with Gasteiger partial charge in [0.1, 0.15) is 22.3 Å². The Kier molecular flexibility index (Phi) is 11.2. The molecule has 3 N–H and O–H groups in total. The monoisotopic (exact) mass is 811 g/mol. The molecular weight excluding hydrogens is 781 g/mol. The van der Waals surface area contributed by atoms with Crippen molar-refractivity contribution in [1.29, 1.82) is 0 Å². The van der Waals surface area contributed by atoms with E-state index in [0.29, 0.717) is 0 Å². The number of amides is 3. The van der Waals surface area contributed by atoms with E-state index in [4.69, 9.17) is 23.3 Å². The third-order valence-corrected chi connectivity index (χ3v) is 10.7. The number of H-pyrrole nitrogens is 1. The van der Waals surface area contributed by atoms with Crippen LogP contribution in [0.5, 0.6) is 5.75 Å². The van der Waals surface area contributed by atoms with Gasteiger partial charge in [0.25, 0.3) is 0 Å². The minimum Gasteiger partial charge on any atom is -0.468 e. The van der Waals surface area contributed by atoms with Gasteiger partial charge in [0.05, 0.1) is 25.9 Å². The van der Waals surface area contributed by atoms with Crippen molar-refractivity contribution in [3.63, 3.8) is 0 Å². The predicted molar refractivity (Wildman–Crippen MR) is 179 cm³/mol. The average molecular weight is 813 g/mol. The number of methoxy groups -OCH3 is 2. The molecule has 0 radical (unpaired) electrons. The summed E-state index contributed by atoms with van der Waals surface area (Å²) >= 11 is 6.68. The van der Waals surface area contributed by atoms with Crippen LogP contribution in [0.4, 0.5) is 4.79 Å². The number of esters is 1. The summed E-state index contributed by atoms with van der Waals surface area (Å²) in [5.41, 5.74) is 10.9. The minimum absolute atomic E-state index is 0.000708. The van der Waals surface area contributed by atoms with E-state index in [-0.39, 0.29) is 18.6 Å². The van der Waals surface area contributed by atoms with E-state index >= 15 is 0 Å². The number of nitrogens with one attached hydrogen (secondary N) is 3. The maximum absolute atomic E-state index is 14.5. The van der Waals surface area contributed by atoms with Crippen LogP contribution in [0.1, 0.15) is 18.9 Å². The van der Waals surface area contributed by atoms with Gasteiger partial charge in [-0.25, -0.2) is 9.36 Å². The first-order valence-corrected chi connectivity index (χ1v) is 17.7. The SMILES string of the molecule is COC(=O)[C@H](Cc1c[nH]c2ccccc12)NP(=O)(OC[C@H]1O[C@@H](N2C(=O)NC(=O)C(C)(Br)C2OC)C[C@@H]1N=[N+]=[N-])Oc1ccc(Br)cc1. The number of para-hydroxylation sites is 1. The Morgan fingerprint density at radius 1 is 1.25 bits per heavy atom. The van der Waals surface area contributed by atoms with E-state index < -0.39 is 67.2 Å². The number of fused-ring (bicyclic) bond motifs is 1. The molecule has 3 aromatic rings. The first kappa shape index (κ1) is 35.8. The summed E-state index contributed by atoms with van der Waals surface area (Å²) in [5.74, 6) is -1.16. The Balaban J connectivity index is 1.40. The van der Waals surface area contributed by atoms with Gasteiger partial charge >= 0.3 is 19.7 Å². The van der Waals surface area contributed by atoms with E-state index in [1.165, 1.54) is 26.0 Å². The number of carbonyl (C=O) groups excluding carboxylic acids is 3. The van der Waals surface area contributed by atoms with Crippen molar-refractivity contribution in [3.8, 4) is 5.75 Å². The standard InChI is InChI=1S/C29H32Br2N7O9P/c1-29(31)26(40)34-28(41)38(27(29)44-3)24-13-21(35-37-32)23(46-24)15-45-48(42,47-18-10-8-17(30)9-11-18)36-22(25(39)43-2)12-16-14-33-20-7-5-4-6-19(16)20/h4-11,14,21-24,27,33H,12-13,15H2,1-3H3,(H,36,42)(H,34,40,41)/t21-,22-,23+,24+,27?,29?,48?/m0/s1. The summed E-state index contributed by atoms with van der Waals surface area (Å²) in [7, 11) is -1.89. The lowest BCUT2D eigenvalue weighted by atomic mass is 10.0. The second kappa shape index (κ2) is 15.0. The largest absolute Gasteiger partial charge is 0.468 e. The molecule has 48 heavy (non-hydrogen) atoms. The molecule has 7 atom stereocenters. The van der Waals surface area contributed by atoms with E-state index in [1.54, 1.807) is 30.5 Å². The number of hydrogen-bond acceptors (Lipinski definition) is 10. The van der Waals surface area contributed by atoms with Gasteiger partial charge in [0, 0.05) is 46.4 Å². The molecule has 3 heterocycles. The van der Waals surface area contributed by atoms with Crippen LogP contribution >= 0.6 is 39.6 Å². The lowest BCUT2D eigenvalue weighted by Gasteiger charge is -2.44. The van der Waals surface area contributed by atoms with Crippen LogP contribution < -0.4 is 14.9 Å². The van der Waals surface area contributed by atoms with E-state index in [0.717, 1.165) is 20.9 Å². The van der Waals surface area contributed by atoms with Crippen LogP contribution in [0.2, 0.25) is 0 Å². The molecular formula is C29H32Br2N7O9P. The van der Waals surface area contributed by atoms with E-state index in [2.05, 4.69) is 57.3 Å². The van der Waals surface area contributed by atoms with Crippen molar-refractivity contribution in [2.45, 2.75) is 54.7 Å². The van der Waals surface area contributed by atoms with Crippen molar-refractivity contribution in [3.05, 3.63) is 75.2 Å². The number of urea groups is 1. The maximum atomic E-state index is 14.5. The topological polar surface area (TPSA) is 206 Å². The Labute approximate surface area is 291 Å². The molecule has 0 bridgehead atoms. The lowest BCUT2D eigenvalue weighted by molar-refractivity contribution is -0.152. The second-order valence-electron chi connectivity index (χ2n) is 11.1. The highest BCUT2D eigenvalue weighted by Gasteiger charge is 2.54. The number of carbonyl (C=O) groups is 3. The molecule has 16 nitrogen and oxygen atoms in total. The Hall–Kier alpha value is -3.47. The number of aromatic amines is 1. The zero-order valence-electron chi connectivity index (χ0n) is 25.9.